The van der Waals surface area contributed by atoms with Gasteiger partial charge < -0.3 is 19.3 Å². The van der Waals surface area contributed by atoms with Crippen LogP contribution in [0.3, 0.4) is 0 Å². The summed E-state index contributed by atoms with van der Waals surface area (Å²) in [4.78, 5) is 33.1. The second-order valence-corrected chi connectivity index (χ2v) is 10.0. The average molecular weight is 502 g/mol. The van der Waals surface area contributed by atoms with Crippen LogP contribution < -0.4 is 9.80 Å². The number of carboxylic acid groups (broad SMARTS) is 1. The zero-order chi connectivity index (χ0) is 26.3. The maximum atomic E-state index is 12.6. The van der Waals surface area contributed by atoms with Crippen molar-refractivity contribution in [2.45, 2.75) is 57.5 Å². The molecule has 192 valence electrons. The van der Waals surface area contributed by atoms with Crippen LogP contribution in [0.1, 0.15) is 56.2 Å². The van der Waals surface area contributed by atoms with Gasteiger partial charge in [-0.3, -0.25) is 9.69 Å². The van der Waals surface area contributed by atoms with Gasteiger partial charge in [-0.15, -0.1) is 0 Å². The molecule has 9 nitrogen and oxygen atoms in total. The third-order valence-corrected chi connectivity index (χ3v) is 7.90. The number of benzene rings is 2. The predicted octanol–water partition coefficient (Wildman–Crippen LogP) is 5.40. The van der Waals surface area contributed by atoms with Crippen molar-refractivity contribution in [3.63, 3.8) is 0 Å². The summed E-state index contributed by atoms with van der Waals surface area (Å²) in [5, 5.41) is 18.7. The van der Waals surface area contributed by atoms with Crippen molar-refractivity contribution in [3.8, 4) is 6.07 Å². The topological polar surface area (TPSA) is 112 Å². The van der Waals surface area contributed by atoms with E-state index in [0.717, 1.165) is 59.6 Å². The van der Waals surface area contributed by atoms with Crippen molar-refractivity contribution >= 4 is 40.4 Å². The van der Waals surface area contributed by atoms with E-state index >= 15 is 0 Å². The van der Waals surface area contributed by atoms with Crippen molar-refractivity contribution in [2.75, 3.05) is 24.0 Å². The van der Waals surface area contributed by atoms with Crippen LogP contribution in [0.2, 0.25) is 0 Å². The molecule has 1 aliphatic carbocycles. The highest BCUT2D eigenvalue weighted by Gasteiger charge is 2.34. The van der Waals surface area contributed by atoms with Crippen LogP contribution in [0.15, 0.2) is 36.4 Å². The lowest BCUT2D eigenvalue weighted by Crippen LogP contribution is -2.42. The van der Waals surface area contributed by atoms with Gasteiger partial charge in [0.2, 0.25) is 5.95 Å². The molecule has 2 aromatic carbocycles. The van der Waals surface area contributed by atoms with Crippen LogP contribution in [0, 0.1) is 17.2 Å². The van der Waals surface area contributed by atoms with Gasteiger partial charge in [-0.25, -0.2) is 9.78 Å². The number of fused-ring (bicyclic) bond motifs is 3. The van der Waals surface area contributed by atoms with Crippen LogP contribution in [-0.4, -0.2) is 46.9 Å². The minimum Gasteiger partial charge on any atom is -0.481 e. The average Bonchev–Trinajstić information content (AvgIpc) is 3.32. The maximum Gasteiger partial charge on any atom is 0.414 e. The largest absolute Gasteiger partial charge is 0.481 e. The molecule has 0 spiro atoms. The van der Waals surface area contributed by atoms with E-state index in [9.17, 15) is 20.0 Å². The first-order valence-corrected chi connectivity index (χ1v) is 12.7. The fourth-order valence-electron chi connectivity index (χ4n) is 5.82. The lowest BCUT2D eigenvalue weighted by atomic mass is 9.86. The molecule has 1 amide bonds. The Labute approximate surface area is 215 Å². The molecule has 5 rings (SSSR count). The van der Waals surface area contributed by atoms with Gasteiger partial charge >= 0.3 is 12.1 Å². The maximum absolute atomic E-state index is 12.6. The van der Waals surface area contributed by atoms with Crippen LogP contribution in [0.4, 0.5) is 22.1 Å². The van der Waals surface area contributed by atoms with E-state index in [1.807, 2.05) is 43.1 Å². The monoisotopic (exact) mass is 501 g/mol. The van der Waals surface area contributed by atoms with E-state index in [0.29, 0.717) is 18.4 Å². The molecule has 1 aliphatic heterocycles. The minimum atomic E-state index is -0.727. The molecule has 1 saturated carbocycles. The zero-order valence-electron chi connectivity index (χ0n) is 21.3. The molecule has 0 radical (unpaired) electrons. The van der Waals surface area contributed by atoms with Crippen LogP contribution >= 0.6 is 0 Å². The number of ether oxygens (including phenoxy) is 1. The molecule has 1 atom stereocenters. The van der Waals surface area contributed by atoms with Crippen LogP contribution in [0.25, 0.3) is 11.0 Å². The first kappa shape index (κ1) is 24.6. The van der Waals surface area contributed by atoms with E-state index in [-0.39, 0.29) is 24.1 Å². The minimum absolute atomic E-state index is 0.0200. The number of nitriles is 1. The predicted molar refractivity (Wildman–Crippen MR) is 140 cm³/mol. The number of rotatable bonds is 4. The Morgan fingerprint density at radius 3 is 2.43 bits per heavy atom. The number of carboxylic acids is 1. The van der Waals surface area contributed by atoms with Gasteiger partial charge in [0.15, 0.2) is 0 Å². The highest BCUT2D eigenvalue weighted by Crippen LogP contribution is 2.42. The summed E-state index contributed by atoms with van der Waals surface area (Å²) in [5.74, 6) is -0.279. The molecule has 3 aromatic rings. The second-order valence-electron chi connectivity index (χ2n) is 10.0. The van der Waals surface area contributed by atoms with Gasteiger partial charge in [-0.1, -0.05) is 0 Å². The number of amides is 1. The third kappa shape index (κ3) is 4.26. The first-order valence-electron chi connectivity index (χ1n) is 12.7. The molecule has 0 bridgehead atoms. The van der Waals surface area contributed by atoms with Gasteiger partial charge in [-0.05, 0) is 81.8 Å². The second kappa shape index (κ2) is 9.77. The molecule has 1 aromatic heterocycles. The summed E-state index contributed by atoms with van der Waals surface area (Å²) in [6.45, 7) is 2.02. The molecular weight excluding hydrogens is 470 g/mol. The Morgan fingerprint density at radius 1 is 1.11 bits per heavy atom. The quantitative estimate of drug-likeness (QED) is 0.509. The summed E-state index contributed by atoms with van der Waals surface area (Å²) in [6.07, 6.45) is 3.96. The molecule has 1 unspecified atom stereocenters. The third-order valence-electron chi connectivity index (χ3n) is 7.90. The molecule has 37 heavy (non-hydrogen) atoms. The number of carbonyl (C=O) groups excluding carboxylic acids is 1. The van der Waals surface area contributed by atoms with Crippen LogP contribution in [-0.2, 0) is 16.0 Å². The van der Waals surface area contributed by atoms with Crippen LogP contribution in [0.5, 0.6) is 0 Å². The van der Waals surface area contributed by atoms with E-state index in [1.165, 1.54) is 7.11 Å². The zero-order valence-corrected chi connectivity index (χ0v) is 21.3. The van der Waals surface area contributed by atoms with Gasteiger partial charge in [0.1, 0.15) is 0 Å². The van der Waals surface area contributed by atoms with E-state index < -0.39 is 5.97 Å². The number of hydrogen-bond acceptors (Lipinski definition) is 6. The van der Waals surface area contributed by atoms with Gasteiger partial charge in [0, 0.05) is 30.4 Å². The fourth-order valence-corrected chi connectivity index (χ4v) is 5.82. The fraction of sp³-hybridized carbons (Fsp3) is 0.429. The molecule has 1 fully saturated rings. The smallest absolute Gasteiger partial charge is 0.414 e. The number of carbonyl (C=O) groups is 2. The molecule has 9 heteroatoms. The SMILES string of the molecule is COC(=O)N1c2ccc3c(nc(N(C)c4ccc(C#N)cc4)n3C3CCC(C(=O)O)CC3)c2CCC1C. The number of aromatic nitrogens is 2. The summed E-state index contributed by atoms with van der Waals surface area (Å²) in [6, 6.07) is 13.7. The molecule has 2 heterocycles. The van der Waals surface area contributed by atoms with Gasteiger partial charge in [-0.2, -0.15) is 5.26 Å². The molecular formula is C28H31N5O4. The Bertz CT molecular complexity index is 1380. The van der Waals surface area contributed by atoms with Gasteiger partial charge in [0.05, 0.1) is 41.4 Å². The first-order chi connectivity index (χ1) is 17.8. The summed E-state index contributed by atoms with van der Waals surface area (Å²) < 4.78 is 7.32. The number of methoxy groups -OCH3 is 1. The van der Waals surface area contributed by atoms with Crippen molar-refractivity contribution in [2.24, 2.45) is 5.92 Å². The number of aliphatic carboxylic acids is 1. The normalized spacial score (nSPS) is 21.2. The highest BCUT2D eigenvalue weighted by molar-refractivity contribution is 5.96. The van der Waals surface area contributed by atoms with E-state index in [2.05, 4.69) is 10.6 Å². The Hall–Kier alpha value is -4.06. The number of imidazole rings is 1. The molecule has 0 saturated heterocycles. The van der Waals surface area contributed by atoms with Crippen molar-refractivity contribution in [1.29, 1.82) is 5.26 Å². The summed E-state index contributed by atoms with van der Waals surface area (Å²) >= 11 is 0. The lowest BCUT2D eigenvalue weighted by Gasteiger charge is -2.34. The lowest BCUT2D eigenvalue weighted by molar-refractivity contribution is -0.143. The Kier molecular flexibility index (Phi) is 6.50. The number of nitrogens with zero attached hydrogens (tertiary/aromatic N) is 5. The standard InChI is InChI=1S/C28H31N5O4/c1-17-4-13-22-23(32(17)28(36)37-3)14-15-24-25(22)30-27(31(2)20-9-5-18(16-29)6-10-20)33(24)21-11-7-19(8-12-21)26(34)35/h5-6,9-10,14-15,17,19,21H,4,7-8,11-13H2,1-3H3,(H,34,35). The number of aryl methyl sites for hydroxylation is 1. The highest BCUT2D eigenvalue weighted by atomic mass is 16.5. The number of anilines is 3. The van der Waals surface area contributed by atoms with Crippen molar-refractivity contribution in [1.82, 2.24) is 9.55 Å². The molecule has 2 aliphatic rings. The van der Waals surface area contributed by atoms with Crippen molar-refractivity contribution < 1.29 is 19.4 Å². The Balaban J connectivity index is 1.65. The molecule has 1 N–H and O–H groups in total. The number of hydrogen-bond donors (Lipinski definition) is 1. The van der Waals surface area contributed by atoms with E-state index in [1.54, 1.807) is 17.0 Å². The van der Waals surface area contributed by atoms with Crippen molar-refractivity contribution in [3.05, 3.63) is 47.5 Å². The summed E-state index contributed by atoms with van der Waals surface area (Å²) in [7, 11) is 3.35. The van der Waals surface area contributed by atoms with E-state index in [4.69, 9.17) is 9.72 Å². The van der Waals surface area contributed by atoms with Gasteiger partial charge in [0.25, 0.3) is 0 Å². The Morgan fingerprint density at radius 2 is 1.81 bits per heavy atom. The summed E-state index contributed by atoms with van der Waals surface area (Å²) in [5.41, 5.74) is 5.16.